The lowest BCUT2D eigenvalue weighted by molar-refractivity contribution is -0.132. The first-order chi connectivity index (χ1) is 14.2. The molecule has 1 fully saturated rings. The Bertz CT molecular complexity index is 954. The smallest absolute Gasteiger partial charge is 0.233 e. The Morgan fingerprint density at radius 2 is 2.13 bits per heavy atom. The molecule has 0 radical (unpaired) electrons. The molecule has 0 N–H and O–H groups in total. The maximum atomic E-state index is 13.1. The Kier molecular flexibility index (Phi) is 7.28. The van der Waals surface area contributed by atoms with Gasteiger partial charge in [-0.05, 0) is 37.8 Å². The van der Waals surface area contributed by atoms with E-state index in [1.807, 2.05) is 24.5 Å². The molecule has 3 heterocycles. The average molecular weight is 455 g/mol. The van der Waals surface area contributed by atoms with Crippen LogP contribution >= 0.6 is 11.8 Å². The highest BCUT2D eigenvalue weighted by Crippen LogP contribution is 2.27. The number of furan rings is 1. The van der Waals surface area contributed by atoms with E-state index >= 15 is 0 Å². The number of thioether (sulfide) groups is 1. The minimum absolute atomic E-state index is 0.0105. The van der Waals surface area contributed by atoms with E-state index in [0.717, 1.165) is 6.42 Å². The normalized spacial score (nSPS) is 19.3. The highest BCUT2D eigenvalue weighted by atomic mass is 32.2. The Morgan fingerprint density at radius 1 is 1.37 bits per heavy atom. The molecule has 2 aromatic rings. The molecule has 0 aliphatic carbocycles. The van der Waals surface area contributed by atoms with Gasteiger partial charge in [-0.25, -0.2) is 8.42 Å². The van der Waals surface area contributed by atoms with E-state index < -0.39 is 9.84 Å². The number of sulfone groups is 1. The van der Waals surface area contributed by atoms with Gasteiger partial charge in [-0.1, -0.05) is 32.5 Å². The van der Waals surface area contributed by atoms with Crippen molar-refractivity contribution in [1.29, 1.82) is 0 Å². The molecule has 2 atom stereocenters. The van der Waals surface area contributed by atoms with Crippen LogP contribution in [0.1, 0.15) is 40.5 Å². The Balaban J connectivity index is 1.77. The molecule has 8 nitrogen and oxygen atoms in total. The van der Waals surface area contributed by atoms with Crippen LogP contribution in [0, 0.1) is 5.92 Å². The molecule has 0 aromatic carbocycles. The van der Waals surface area contributed by atoms with Crippen molar-refractivity contribution in [2.24, 2.45) is 5.92 Å². The molecule has 3 rings (SSSR count). The lowest BCUT2D eigenvalue weighted by atomic mass is 10.1. The monoisotopic (exact) mass is 454 g/mol. The fraction of sp³-hybridized carbons (Fsp3) is 0.650. The number of amides is 1. The third kappa shape index (κ3) is 5.26. The van der Waals surface area contributed by atoms with Gasteiger partial charge in [0.1, 0.15) is 0 Å². The summed E-state index contributed by atoms with van der Waals surface area (Å²) in [6.45, 7) is 8.91. The zero-order valence-electron chi connectivity index (χ0n) is 17.9. The zero-order valence-corrected chi connectivity index (χ0v) is 19.6. The molecule has 1 saturated heterocycles. The second-order valence-electron chi connectivity index (χ2n) is 8.19. The molecule has 1 aliphatic rings. The van der Waals surface area contributed by atoms with Crippen LogP contribution in [-0.2, 0) is 21.2 Å². The fourth-order valence-electron chi connectivity index (χ4n) is 3.71. The summed E-state index contributed by atoms with van der Waals surface area (Å²) in [5.41, 5.74) is 0. The number of hydrogen-bond donors (Lipinski definition) is 0. The first-order valence-corrected chi connectivity index (χ1v) is 13.1. The van der Waals surface area contributed by atoms with E-state index in [1.165, 1.54) is 11.8 Å². The first-order valence-electron chi connectivity index (χ1n) is 10.3. The Morgan fingerprint density at radius 3 is 2.70 bits per heavy atom. The van der Waals surface area contributed by atoms with Gasteiger partial charge in [0.05, 0.1) is 23.5 Å². The molecular formula is C20H30N4O4S2. The third-order valence-electron chi connectivity index (χ3n) is 5.29. The summed E-state index contributed by atoms with van der Waals surface area (Å²) in [5, 5.41) is 9.23. The highest BCUT2D eigenvalue weighted by molar-refractivity contribution is 7.99. The number of carbonyl (C=O) groups excluding carboxylic acids is 1. The van der Waals surface area contributed by atoms with Gasteiger partial charge < -0.3 is 9.32 Å². The van der Waals surface area contributed by atoms with Crippen LogP contribution in [0.25, 0.3) is 11.6 Å². The van der Waals surface area contributed by atoms with Crippen molar-refractivity contribution in [2.45, 2.75) is 64.3 Å². The van der Waals surface area contributed by atoms with Crippen LogP contribution in [0.3, 0.4) is 0 Å². The molecule has 2 unspecified atom stereocenters. The topological polar surface area (TPSA) is 98.3 Å². The number of carbonyl (C=O) groups is 1. The van der Waals surface area contributed by atoms with Gasteiger partial charge in [0, 0.05) is 18.6 Å². The van der Waals surface area contributed by atoms with Crippen molar-refractivity contribution in [1.82, 2.24) is 19.7 Å². The van der Waals surface area contributed by atoms with Crippen LogP contribution in [0.15, 0.2) is 28.0 Å². The van der Waals surface area contributed by atoms with Crippen molar-refractivity contribution < 1.29 is 17.6 Å². The molecule has 1 aliphatic heterocycles. The van der Waals surface area contributed by atoms with Crippen molar-refractivity contribution in [3.8, 4) is 11.6 Å². The van der Waals surface area contributed by atoms with E-state index in [1.54, 1.807) is 17.2 Å². The second kappa shape index (κ2) is 9.55. The summed E-state index contributed by atoms with van der Waals surface area (Å²) in [5.74, 6) is 1.98. The SMILES string of the molecule is CCC(C)N(C(=O)CSc1nnc(-c2ccco2)n1CC(C)C)C1CCS(=O)(=O)C1. The maximum Gasteiger partial charge on any atom is 0.233 e. The molecule has 1 amide bonds. The lowest BCUT2D eigenvalue weighted by Gasteiger charge is -2.33. The maximum absolute atomic E-state index is 13.1. The van der Waals surface area contributed by atoms with E-state index in [4.69, 9.17) is 4.42 Å². The van der Waals surface area contributed by atoms with Crippen LogP contribution in [-0.4, -0.2) is 63.3 Å². The minimum Gasteiger partial charge on any atom is -0.461 e. The fourth-order valence-corrected chi connectivity index (χ4v) is 6.24. The van der Waals surface area contributed by atoms with Crippen molar-refractivity contribution in [2.75, 3.05) is 17.3 Å². The Hall–Kier alpha value is -1.81. The van der Waals surface area contributed by atoms with Crippen molar-refractivity contribution in [3.63, 3.8) is 0 Å². The lowest BCUT2D eigenvalue weighted by Crippen LogP contribution is -2.47. The predicted octanol–water partition coefficient (Wildman–Crippen LogP) is 3.10. The van der Waals surface area contributed by atoms with Crippen LogP contribution in [0.4, 0.5) is 0 Å². The van der Waals surface area contributed by atoms with Gasteiger partial charge in [0.25, 0.3) is 0 Å². The van der Waals surface area contributed by atoms with Crippen molar-refractivity contribution >= 4 is 27.5 Å². The molecule has 30 heavy (non-hydrogen) atoms. The van der Waals surface area contributed by atoms with Crippen LogP contribution < -0.4 is 0 Å². The van der Waals surface area contributed by atoms with Crippen molar-refractivity contribution in [3.05, 3.63) is 18.4 Å². The summed E-state index contributed by atoms with van der Waals surface area (Å²) in [6, 6.07) is 3.39. The van der Waals surface area contributed by atoms with Crippen LogP contribution in [0.2, 0.25) is 0 Å². The third-order valence-corrected chi connectivity index (χ3v) is 7.99. The predicted molar refractivity (Wildman–Crippen MR) is 117 cm³/mol. The Labute approximate surface area is 182 Å². The molecule has 0 bridgehead atoms. The zero-order chi connectivity index (χ0) is 21.9. The summed E-state index contributed by atoms with van der Waals surface area (Å²) in [6.07, 6.45) is 2.88. The van der Waals surface area contributed by atoms with E-state index in [2.05, 4.69) is 24.0 Å². The number of hydrogen-bond acceptors (Lipinski definition) is 7. The standard InChI is InChI=1S/C20H30N4O4S2/c1-5-15(4)24(16-8-10-30(26,27)13-16)18(25)12-29-20-22-21-19(17-7-6-9-28-17)23(20)11-14(2)3/h6-7,9,14-16H,5,8,10-13H2,1-4H3. The first kappa shape index (κ1) is 22.9. The van der Waals surface area contributed by atoms with Gasteiger partial charge >= 0.3 is 0 Å². The average Bonchev–Trinajstić information content (AvgIpc) is 3.40. The van der Waals surface area contributed by atoms with Gasteiger partial charge in [0.15, 0.2) is 26.6 Å². The van der Waals surface area contributed by atoms with Gasteiger partial charge in [0.2, 0.25) is 5.91 Å². The molecular weight excluding hydrogens is 424 g/mol. The van der Waals surface area contributed by atoms with Crippen LogP contribution in [0.5, 0.6) is 0 Å². The molecule has 166 valence electrons. The minimum atomic E-state index is -3.06. The summed E-state index contributed by atoms with van der Waals surface area (Å²) in [7, 11) is -3.06. The second-order valence-corrected chi connectivity index (χ2v) is 11.4. The highest BCUT2D eigenvalue weighted by Gasteiger charge is 2.36. The van der Waals surface area contributed by atoms with E-state index in [9.17, 15) is 13.2 Å². The van der Waals surface area contributed by atoms with Gasteiger partial charge in [-0.2, -0.15) is 0 Å². The molecule has 0 saturated carbocycles. The largest absolute Gasteiger partial charge is 0.461 e. The number of nitrogens with zero attached hydrogens (tertiary/aromatic N) is 4. The summed E-state index contributed by atoms with van der Waals surface area (Å²) in [4.78, 5) is 14.9. The van der Waals surface area contributed by atoms with E-state index in [-0.39, 0.29) is 35.2 Å². The van der Waals surface area contributed by atoms with Gasteiger partial charge in [-0.15, -0.1) is 10.2 Å². The number of aromatic nitrogens is 3. The van der Waals surface area contributed by atoms with E-state index in [0.29, 0.717) is 35.6 Å². The summed E-state index contributed by atoms with van der Waals surface area (Å²) < 4.78 is 31.4. The van der Waals surface area contributed by atoms with Gasteiger partial charge in [-0.3, -0.25) is 9.36 Å². The number of rotatable bonds is 9. The molecule has 0 spiro atoms. The molecule has 10 heteroatoms. The summed E-state index contributed by atoms with van der Waals surface area (Å²) >= 11 is 1.34. The molecule has 2 aromatic heterocycles. The quantitative estimate of drug-likeness (QED) is 0.537.